The second-order valence-corrected chi connectivity index (χ2v) is 6.77. The van der Waals surface area contributed by atoms with Crippen LogP contribution in [0.2, 0.25) is 10.0 Å². The minimum absolute atomic E-state index is 0.0675. The number of benzene rings is 2. The van der Waals surface area contributed by atoms with Gasteiger partial charge >= 0.3 is 11.8 Å². The number of likely N-dealkylation sites (N-methyl/N-ethyl adjacent to an activating group) is 1. The van der Waals surface area contributed by atoms with Crippen molar-refractivity contribution in [1.29, 1.82) is 0 Å². The number of hydrogen-bond donors (Lipinski definition) is 3. The smallest absolute Gasteiger partial charge is 0.328 e. The highest BCUT2D eigenvalue weighted by molar-refractivity contribution is 6.38. The zero-order valence-electron chi connectivity index (χ0n) is 15.4. The maximum Gasteiger partial charge on any atom is 0.328 e. The van der Waals surface area contributed by atoms with Crippen molar-refractivity contribution in [2.45, 2.75) is 0 Å². The number of methoxy groups -OCH3 is 1. The molecule has 150 valence electrons. The number of nitrogens with zero attached hydrogens (tertiary/aromatic N) is 1. The molecule has 3 rings (SSSR count). The molecule has 0 aliphatic heterocycles. The number of carbonyl (C=O) groups excluding carboxylic acids is 3. The van der Waals surface area contributed by atoms with E-state index in [4.69, 9.17) is 27.9 Å². The third-order valence-electron chi connectivity index (χ3n) is 4.01. The summed E-state index contributed by atoms with van der Waals surface area (Å²) >= 11 is 12.0. The van der Waals surface area contributed by atoms with Gasteiger partial charge in [0.2, 0.25) is 0 Å². The van der Waals surface area contributed by atoms with Crippen LogP contribution in [0, 0.1) is 0 Å². The van der Waals surface area contributed by atoms with Gasteiger partial charge in [-0.2, -0.15) is 0 Å². The molecule has 10 heteroatoms. The van der Waals surface area contributed by atoms with Crippen LogP contribution in [0.15, 0.2) is 42.5 Å². The van der Waals surface area contributed by atoms with E-state index in [-0.39, 0.29) is 5.69 Å². The van der Waals surface area contributed by atoms with E-state index in [1.807, 2.05) is 0 Å². The Morgan fingerprint density at radius 2 is 1.69 bits per heavy atom. The summed E-state index contributed by atoms with van der Waals surface area (Å²) in [5.74, 6) is -1.96. The number of aromatic nitrogens is 1. The van der Waals surface area contributed by atoms with E-state index in [2.05, 4.69) is 16.1 Å². The van der Waals surface area contributed by atoms with Crippen LogP contribution in [0.25, 0.3) is 10.9 Å². The molecule has 0 radical (unpaired) electrons. The lowest BCUT2D eigenvalue weighted by Crippen LogP contribution is -2.38. The highest BCUT2D eigenvalue weighted by Crippen LogP contribution is 2.29. The highest BCUT2D eigenvalue weighted by Gasteiger charge is 2.22. The Morgan fingerprint density at radius 1 is 1.00 bits per heavy atom. The van der Waals surface area contributed by atoms with E-state index in [1.54, 1.807) is 24.3 Å². The molecular formula is C19H16Cl2N4O4. The van der Waals surface area contributed by atoms with Crippen molar-refractivity contribution in [3.63, 3.8) is 0 Å². The van der Waals surface area contributed by atoms with Crippen molar-refractivity contribution in [2.75, 3.05) is 24.9 Å². The van der Waals surface area contributed by atoms with E-state index in [0.29, 0.717) is 32.4 Å². The summed E-state index contributed by atoms with van der Waals surface area (Å²) in [6.45, 7) is 0. The summed E-state index contributed by atoms with van der Waals surface area (Å²) < 4.78 is 6.54. The second-order valence-electron chi connectivity index (χ2n) is 5.90. The first-order chi connectivity index (χ1) is 13.8. The first-order valence-electron chi connectivity index (χ1n) is 8.33. The SMILES string of the molecule is CNC(=O)C(=O)Nn1c(C(=O)Nc2cc(Cl)cc(Cl)c2)cc2cccc(OC)c21. The molecule has 1 aromatic heterocycles. The highest BCUT2D eigenvalue weighted by atomic mass is 35.5. The van der Waals surface area contributed by atoms with Crippen LogP contribution in [-0.2, 0) is 9.59 Å². The maximum atomic E-state index is 12.9. The van der Waals surface area contributed by atoms with Crippen molar-refractivity contribution in [2.24, 2.45) is 0 Å². The Hall–Kier alpha value is -3.23. The van der Waals surface area contributed by atoms with Crippen LogP contribution < -0.4 is 20.8 Å². The van der Waals surface area contributed by atoms with Crippen LogP contribution in [0.3, 0.4) is 0 Å². The minimum atomic E-state index is -0.948. The van der Waals surface area contributed by atoms with Crippen LogP contribution in [0.4, 0.5) is 5.69 Å². The number of ether oxygens (including phenoxy) is 1. The molecule has 0 saturated carbocycles. The number of para-hydroxylation sites is 1. The molecule has 0 bridgehead atoms. The van der Waals surface area contributed by atoms with E-state index < -0.39 is 17.7 Å². The third kappa shape index (κ3) is 4.28. The third-order valence-corrected chi connectivity index (χ3v) is 4.44. The number of fused-ring (bicyclic) bond motifs is 1. The molecule has 8 nitrogen and oxygen atoms in total. The molecule has 0 atom stereocenters. The van der Waals surface area contributed by atoms with Gasteiger partial charge in [0, 0.05) is 28.2 Å². The lowest BCUT2D eigenvalue weighted by Gasteiger charge is -2.13. The molecule has 29 heavy (non-hydrogen) atoms. The van der Waals surface area contributed by atoms with Gasteiger partial charge in [-0.15, -0.1) is 0 Å². The summed E-state index contributed by atoms with van der Waals surface area (Å²) in [5.41, 5.74) is 3.28. The van der Waals surface area contributed by atoms with E-state index in [1.165, 1.54) is 37.0 Å². The largest absolute Gasteiger partial charge is 0.494 e. The molecule has 0 fully saturated rings. The predicted molar refractivity (Wildman–Crippen MR) is 111 cm³/mol. The lowest BCUT2D eigenvalue weighted by atomic mass is 10.2. The monoisotopic (exact) mass is 434 g/mol. The van der Waals surface area contributed by atoms with Gasteiger partial charge in [-0.3, -0.25) is 19.8 Å². The van der Waals surface area contributed by atoms with Gasteiger partial charge in [0.1, 0.15) is 17.0 Å². The van der Waals surface area contributed by atoms with Crippen molar-refractivity contribution >= 4 is 57.5 Å². The standard InChI is InChI=1S/C19H16Cl2N4O4/c1-22-18(27)19(28)24-25-14(6-10-4-3-5-15(29-2)16(10)25)17(26)23-13-8-11(20)7-12(21)9-13/h3-9H,1-2H3,(H,22,27)(H,23,26)(H,24,28). The first-order valence-corrected chi connectivity index (χ1v) is 9.08. The number of carbonyl (C=O) groups is 3. The van der Waals surface area contributed by atoms with E-state index in [9.17, 15) is 14.4 Å². The average Bonchev–Trinajstić information content (AvgIpc) is 3.05. The molecule has 0 aliphatic rings. The van der Waals surface area contributed by atoms with Crippen molar-refractivity contribution in [3.8, 4) is 5.75 Å². The van der Waals surface area contributed by atoms with Gasteiger partial charge in [-0.05, 0) is 30.3 Å². The second kappa shape index (κ2) is 8.42. The summed E-state index contributed by atoms with van der Waals surface area (Å²) in [6.07, 6.45) is 0. The molecule has 2 aromatic carbocycles. The van der Waals surface area contributed by atoms with Crippen LogP contribution in [0.1, 0.15) is 10.5 Å². The maximum absolute atomic E-state index is 12.9. The molecule has 0 saturated heterocycles. The Bertz CT molecular complexity index is 1110. The fourth-order valence-electron chi connectivity index (χ4n) is 2.76. The number of halogens is 2. The zero-order valence-corrected chi connectivity index (χ0v) is 16.9. The van der Waals surface area contributed by atoms with Gasteiger partial charge in [0.15, 0.2) is 0 Å². The fourth-order valence-corrected chi connectivity index (χ4v) is 3.29. The molecule has 3 amide bonds. The Labute approximate surface area is 175 Å². The number of hydrogen-bond acceptors (Lipinski definition) is 4. The average molecular weight is 435 g/mol. The normalized spacial score (nSPS) is 10.5. The van der Waals surface area contributed by atoms with Gasteiger partial charge in [0.05, 0.1) is 7.11 Å². The molecule has 3 aromatic rings. The molecule has 1 heterocycles. The van der Waals surface area contributed by atoms with Crippen molar-refractivity contribution < 1.29 is 19.1 Å². The molecular weight excluding hydrogens is 419 g/mol. The quantitative estimate of drug-likeness (QED) is 0.549. The number of amides is 3. The van der Waals surface area contributed by atoms with Gasteiger partial charge < -0.3 is 15.4 Å². The minimum Gasteiger partial charge on any atom is -0.494 e. The van der Waals surface area contributed by atoms with Gasteiger partial charge in [-0.25, -0.2) is 4.68 Å². The fraction of sp³-hybridized carbons (Fsp3) is 0.105. The van der Waals surface area contributed by atoms with Crippen LogP contribution in [-0.4, -0.2) is 36.6 Å². The molecule has 0 aliphatic carbocycles. The van der Waals surface area contributed by atoms with Gasteiger partial charge in [0.25, 0.3) is 5.91 Å². The Balaban J connectivity index is 2.08. The summed E-state index contributed by atoms with van der Waals surface area (Å²) in [6, 6.07) is 11.3. The number of anilines is 1. The summed E-state index contributed by atoms with van der Waals surface area (Å²) in [5, 5.41) is 6.22. The predicted octanol–water partition coefficient (Wildman–Crippen LogP) is 3.03. The number of nitrogens with one attached hydrogen (secondary N) is 3. The summed E-state index contributed by atoms with van der Waals surface area (Å²) in [4.78, 5) is 36.8. The van der Waals surface area contributed by atoms with E-state index >= 15 is 0 Å². The first kappa shape index (κ1) is 20.5. The number of rotatable bonds is 4. The Kier molecular flexibility index (Phi) is 5.95. The zero-order chi connectivity index (χ0) is 21.1. The topological polar surface area (TPSA) is 101 Å². The van der Waals surface area contributed by atoms with E-state index in [0.717, 1.165) is 0 Å². The van der Waals surface area contributed by atoms with Crippen LogP contribution >= 0.6 is 23.2 Å². The lowest BCUT2D eigenvalue weighted by molar-refractivity contribution is -0.136. The van der Waals surface area contributed by atoms with Crippen molar-refractivity contribution in [3.05, 3.63) is 58.2 Å². The summed E-state index contributed by atoms with van der Waals surface area (Å²) in [7, 11) is 2.78. The molecule has 0 spiro atoms. The molecule has 0 unspecified atom stereocenters. The van der Waals surface area contributed by atoms with Crippen molar-refractivity contribution in [1.82, 2.24) is 9.99 Å². The van der Waals surface area contributed by atoms with Gasteiger partial charge in [-0.1, -0.05) is 35.3 Å². The Morgan fingerprint density at radius 3 is 2.31 bits per heavy atom. The van der Waals surface area contributed by atoms with Crippen LogP contribution in [0.5, 0.6) is 5.75 Å². The molecule has 3 N–H and O–H groups in total.